The van der Waals surface area contributed by atoms with Gasteiger partial charge in [0.25, 0.3) is 5.91 Å². The largest absolute Gasteiger partial charge is 0.457 e. The molecule has 36 heavy (non-hydrogen) atoms. The number of nitrogens with zero attached hydrogens (tertiary/aromatic N) is 4. The summed E-state index contributed by atoms with van der Waals surface area (Å²) in [5.74, 6) is 0.253. The molecule has 1 amide bonds. The van der Waals surface area contributed by atoms with Crippen LogP contribution in [0.1, 0.15) is 39.7 Å². The molecule has 0 aliphatic carbocycles. The Labute approximate surface area is 209 Å². The zero-order valence-electron chi connectivity index (χ0n) is 20.3. The van der Waals surface area contributed by atoms with Gasteiger partial charge in [0.15, 0.2) is 0 Å². The van der Waals surface area contributed by atoms with Crippen LogP contribution in [0.5, 0.6) is 5.75 Å². The molecule has 0 aliphatic heterocycles. The van der Waals surface area contributed by atoms with E-state index < -0.39 is 5.95 Å². The van der Waals surface area contributed by atoms with Crippen LogP contribution in [0.4, 0.5) is 10.1 Å². The normalized spacial score (nSPS) is 11.3. The number of amides is 1. The highest BCUT2D eigenvalue weighted by molar-refractivity contribution is 5.96. The van der Waals surface area contributed by atoms with Crippen molar-refractivity contribution in [2.75, 3.05) is 0 Å². The Kier molecular flexibility index (Phi) is 7.34. The van der Waals surface area contributed by atoms with Crippen LogP contribution in [0.2, 0.25) is 0 Å². The molecule has 2 aromatic heterocycles. The van der Waals surface area contributed by atoms with Crippen LogP contribution < -0.4 is 10.1 Å². The summed E-state index contributed by atoms with van der Waals surface area (Å²) in [6, 6.07) is 15.9. The van der Waals surface area contributed by atoms with Gasteiger partial charge in [0.05, 0.1) is 11.4 Å². The zero-order valence-corrected chi connectivity index (χ0v) is 20.3. The number of aryl methyl sites for hydroxylation is 1. The van der Waals surface area contributed by atoms with E-state index in [2.05, 4.69) is 27.1 Å². The number of rotatable bonds is 8. The van der Waals surface area contributed by atoms with Crippen LogP contribution in [0, 0.1) is 19.8 Å². The van der Waals surface area contributed by atoms with E-state index in [1.54, 1.807) is 42.1 Å². The molecule has 0 saturated heterocycles. The molecule has 4 rings (SSSR count). The lowest BCUT2D eigenvalue weighted by molar-refractivity contribution is 0.0950. The first-order chi connectivity index (χ1) is 17.4. The Morgan fingerprint density at radius 3 is 2.69 bits per heavy atom. The molecule has 0 radical (unpaired) electrons. The summed E-state index contributed by atoms with van der Waals surface area (Å²) in [6.45, 7) is 9.28. The fourth-order valence-electron chi connectivity index (χ4n) is 3.86. The number of carbonyl (C=O) groups is 1. The highest BCUT2D eigenvalue weighted by atomic mass is 19.1. The van der Waals surface area contributed by atoms with Crippen LogP contribution in [-0.4, -0.2) is 27.4 Å². The van der Waals surface area contributed by atoms with Gasteiger partial charge in [-0.05, 0) is 87.7 Å². The lowest BCUT2D eigenvalue weighted by Gasteiger charge is -2.16. The number of ether oxygens (including phenoxy) is 1. The molecule has 0 fully saturated rings. The first kappa shape index (κ1) is 24.5. The number of nitrogens with one attached hydrogen (secondary N) is 1. The van der Waals surface area contributed by atoms with E-state index in [0.717, 1.165) is 11.3 Å². The summed E-state index contributed by atoms with van der Waals surface area (Å²) < 4.78 is 21.6. The van der Waals surface area contributed by atoms with Crippen molar-refractivity contribution in [1.82, 2.24) is 20.1 Å². The minimum atomic E-state index is -0.573. The van der Waals surface area contributed by atoms with Gasteiger partial charge in [-0.1, -0.05) is 6.07 Å². The number of hydrogen-bond donors (Lipinski definition) is 1. The fourth-order valence-corrected chi connectivity index (χ4v) is 3.86. The number of benzene rings is 2. The summed E-state index contributed by atoms with van der Waals surface area (Å²) >= 11 is 0. The Bertz CT molecular complexity index is 1420. The number of halogens is 1. The van der Waals surface area contributed by atoms with E-state index in [1.165, 1.54) is 6.07 Å². The van der Waals surface area contributed by atoms with Gasteiger partial charge in [-0.15, -0.1) is 0 Å². The summed E-state index contributed by atoms with van der Waals surface area (Å²) in [4.78, 5) is 20.8. The summed E-state index contributed by atoms with van der Waals surface area (Å²) in [6.07, 6.45) is 5.39. The molecular weight excluding hydrogens is 457 g/mol. The van der Waals surface area contributed by atoms with Crippen molar-refractivity contribution < 1.29 is 13.9 Å². The molecule has 0 unspecified atom stereocenters. The van der Waals surface area contributed by atoms with Gasteiger partial charge in [-0.25, -0.2) is 9.67 Å². The number of aromatic nitrogens is 3. The van der Waals surface area contributed by atoms with E-state index in [0.29, 0.717) is 39.6 Å². The van der Waals surface area contributed by atoms with Crippen molar-refractivity contribution in [2.45, 2.75) is 27.3 Å². The van der Waals surface area contributed by atoms with Gasteiger partial charge in [-0.3, -0.25) is 9.79 Å². The molecule has 0 atom stereocenters. The Balaban J connectivity index is 1.55. The van der Waals surface area contributed by atoms with Crippen molar-refractivity contribution in [3.8, 4) is 11.4 Å². The van der Waals surface area contributed by atoms with E-state index in [4.69, 9.17) is 4.74 Å². The number of aliphatic imine (C=N–C) groups is 1. The Morgan fingerprint density at radius 1 is 1.17 bits per heavy atom. The number of allylic oxidation sites excluding steroid dienone is 1. The van der Waals surface area contributed by atoms with Gasteiger partial charge >= 0.3 is 0 Å². The first-order valence-electron chi connectivity index (χ1n) is 11.4. The molecule has 0 saturated carbocycles. The van der Waals surface area contributed by atoms with Crippen LogP contribution in [-0.2, 0) is 6.54 Å². The number of carbonyl (C=O) groups excluding carboxylic acids is 1. The second-order valence-corrected chi connectivity index (χ2v) is 8.12. The van der Waals surface area contributed by atoms with Crippen molar-refractivity contribution >= 4 is 24.1 Å². The first-order valence-corrected chi connectivity index (χ1v) is 11.4. The minimum absolute atomic E-state index is 0.181. The molecule has 2 heterocycles. The van der Waals surface area contributed by atoms with E-state index in [1.807, 2.05) is 50.4 Å². The monoisotopic (exact) mass is 483 g/mol. The summed E-state index contributed by atoms with van der Waals surface area (Å²) in [7, 11) is 0. The average Bonchev–Trinajstić information content (AvgIpc) is 3.41. The third kappa shape index (κ3) is 5.38. The minimum Gasteiger partial charge on any atom is -0.457 e. The third-order valence-electron chi connectivity index (χ3n) is 5.63. The van der Waals surface area contributed by atoms with Gasteiger partial charge in [0.1, 0.15) is 11.5 Å². The number of pyridine rings is 1. The van der Waals surface area contributed by atoms with Crippen molar-refractivity contribution in [2.24, 2.45) is 4.99 Å². The van der Waals surface area contributed by atoms with Crippen molar-refractivity contribution in [1.29, 1.82) is 0 Å². The summed E-state index contributed by atoms with van der Waals surface area (Å²) in [5, 5.41) is 7.09. The second-order valence-electron chi connectivity index (χ2n) is 8.12. The zero-order chi connectivity index (χ0) is 25.7. The Morgan fingerprint density at radius 2 is 2.00 bits per heavy atom. The van der Waals surface area contributed by atoms with Crippen LogP contribution in [0.3, 0.4) is 0 Å². The molecule has 4 aromatic rings. The number of hydrogen-bond acceptors (Lipinski definition) is 5. The maximum absolute atomic E-state index is 13.6. The summed E-state index contributed by atoms with van der Waals surface area (Å²) in [5.41, 5.74) is 4.57. The lowest BCUT2D eigenvalue weighted by Crippen LogP contribution is -2.24. The van der Waals surface area contributed by atoms with Gasteiger partial charge < -0.3 is 10.1 Å². The maximum Gasteiger partial charge on any atom is 0.251 e. The molecule has 182 valence electrons. The van der Waals surface area contributed by atoms with Gasteiger partial charge in [0, 0.05) is 41.3 Å². The highest BCUT2D eigenvalue weighted by Gasteiger charge is 2.16. The van der Waals surface area contributed by atoms with E-state index >= 15 is 0 Å². The predicted molar refractivity (Wildman–Crippen MR) is 138 cm³/mol. The van der Waals surface area contributed by atoms with Gasteiger partial charge in [0.2, 0.25) is 5.95 Å². The molecule has 2 aromatic carbocycles. The van der Waals surface area contributed by atoms with Crippen LogP contribution in [0.15, 0.2) is 78.1 Å². The molecular formula is C28H26FN5O2. The average molecular weight is 484 g/mol. The Hall–Kier alpha value is -4.59. The maximum atomic E-state index is 13.6. The molecule has 8 heteroatoms. The highest BCUT2D eigenvalue weighted by Crippen LogP contribution is 2.32. The van der Waals surface area contributed by atoms with Gasteiger partial charge in [-0.2, -0.15) is 9.49 Å². The van der Waals surface area contributed by atoms with Crippen molar-refractivity contribution in [3.05, 3.63) is 107 Å². The molecule has 0 aliphatic rings. The van der Waals surface area contributed by atoms with E-state index in [-0.39, 0.29) is 12.5 Å². The molecule has 0 bridgehead atoms. The lowest BCUT2D eigenvalue weighted by atomic mass is 10.1. The molecule has 1 N–H and O–H groups in total. The SMILES string of the molecule is C=Nc1cc(-n2cccn2)ccc1/C(=C\C)Oc1cccc(C(=O)NCc2cc(C)nc(F)c2)c1C. The second kappa shape index (κ2) is 10.8. The topological polar surface area (TPSA) is 81.4 Å². The standard InChI is InChI=1S/C28H26FN5O2/c1-5-25(23-11-10-21(16-24(23)30-4)34-13-7-12-32-34)36-26-9-6-8-22(19(26)3)28(35)31-17-20-14-18(2)33-27(29)15-20/h5-16H,4,17H2,1-3H3,(H,31,35)/b25-5+. The van der Waals surface area contributed by atoms with Crippen molar-refractivity contribution in [3.63, 3.8) is 0 Å². The smallest absolute Gasteiger partial charge is 0.251 e. The third-order valence-corrected chi connectivity index (χ3v) is 5.63. The van der Waals surface area contributed by atoms with Crippen LogP contribution >= 0.6 is 0 Å². The van der Waals surface area contributed by atoms with Crippen LogP contribution in [0.25, 0.3) is 11.4 Å². The van der Waals surface area contributed by atoms with E-state index in [9.17, 15) is 9.18 Å². The molecule has 7 nitrogen and oxygen atoms in total. The predicted octanol–water partition coefficient (Wildman–Crippen LogP) is 5.73. The molecule has 0 spiro atoms. The fraction of sp³-hybridized carbons (Fsp3) is 0.143. The quantitative estimate of drug-likeness (QED) is 0.197.